The molecule has 6 heterocycles. The van der Waals surface area contributed by atoms with Gasteiger partial charge >= 0.3 is 0 Å². The highest BCUT2D eigenvalue weighted by Crippen LogP contribution is 2.35. The second-order valence-corrected chi connectivity index (χ2v) is 9.71. The first kappa shape index (κ1) is 22.6. The van der Waals surface area contributed by atoms with Gasteiger partial charge in [-0.25, -0.2) is 0 Å². The second kappa shape index (κ2) is 9.72. The van der Waals surface area contributed by atoms with E-state index in [2.05, 4.69) is 65.4 Å². The summed E-state index contributed by atoms with van der Waals surface area (Å²) in [6, 6.07) is 14.5. The molecule has 8 nitrogen and oxygen atoms in total. The van der Waals surface area contributed by atoms with Gasteiger partial charge in [-0.05, 0) is 61.8 Å². The number of nitrogens with one attached hydrogen (secondary N) is 2. The van der Waals surface area contributed by atoms with Crippen molar-refractivity contribution in [2.75, 3.05) is 26.2 Å². The van der Waals surface area contributed by atoms with Gasteiger partial charge in [0.25, 0.3) is 0 Å². The fourth-order valence-corrected chi connectivity index (χ4v) is 5.28. The zero-order chi connectivity index (χ0) is 25.3. The Kier molecular flexibility index (Phi) is 5.79. The Morgan fingerprint density at radius 2 is 1.68 bits per heavy atom. The second-order valence-electron chi connectivity index (χ2n) is 9.71. The molecule has 7 rings (SSSR count). The molecule has 0 atom stereocenters. The smallest absolute Gasteiger partial charge is 0.138 e. The highest BCUT2D eigenvalue weighted by Gasteiger charge is 2.15. The van der Waals surface area contributed by atoms with E-state index in [1.54, 1.807) is 12.4 Å². The van der Waals surface area contributed by atoms with Gasteiger partial charge in [0.1, 0.15) is 18.1 Å². The molecule has 1 fully saturated rings. The van der Waals surface area contributed by atoms with Crippen LogP contribution in [0.2, 0.25) is 0 Å². The number of pyridine rings is 3. The summed E-state index contributed by atoms with van der Waals surface area (Å²) in [5.41, 5.74) is 7.85. The van der Waals surface area contributed by atoms with Crippen molar-refractivity contribution in [3.63, 3.8) is 0 Å². The number of ether oxygens (including phenoxy) is 1. The van der Waals surface area contributed by atoms with Crippen LogP contribution < -0.4 is 4.74 Å². The van der Waals surface area contributed by atoms with Crippen molar-refractivity contribution in [2.45, 2.75) is 12.8 Å². The number of hydrogen-bond donors (Lipinski definition) is 2. The highest BCUT2D eigenvalue weighted by molar-refractivity contribution is 6.01. The van der Waals surface area contributed by atoms with Crippen molar-refractivity contribution in [1.29, 1.82) is 0 Å². The minimum absolute atomic E-state index is 0.673. The lowest BCUT2D eigenvalue weighted by Gasteiger charge is -2.15. The van der Waals surface area contributed by atoms with Gasteiger partial charge in [0.15, 0.2) is 0 Å². The standard InChI is InChI=1S/C30H27N7O/c1-2-9-37(8-1)10-11-38-23-12-22(16-32-17-23)20-5-6-27-25(13-20)30(36-35-27)28-14-24-26(18-33-19-29(24)34-28)21-4-3-7-31-15-21/h3-7,12-19,34H,1-2,8-11H2,(H,35,36). The van der Waals surface area contributed by atoms with E-state index in [1.165, 1.54) is 25.9 Å². The van der Waals surface area contributed by atoms with Crippen LogP contribution in [0.15, 0.2) is 79.6 Å². The SMILES string of the molecule is c1cncc(-c2cncc3[nH]c(-c4n[nH]c5ccc(-c6cncc(OCCN7CCCC7)c6)cc45)cc23)c1. The van der Waals surface area contributed by atoms with E-state index in [0.29, 0.717) is 6.61 Å². The molecule has 0 saturated carbocycles. The summed E-state index contributed by atoms with van der Waals surface area (Å²) < 4.78 is 6.04. The third kappa shape index (κ3) is 4.29. The predicted molar refractivity (Wildman–Crippen MR) is 149 cm³/mol. The number of benzene rings is 1. The van der Waals surface area contributed by atoms with Crippen molar-refractivity contribution >= 4 is 21.8 Å². The Labute approximate surface area is 219 Å². The molecule has 5 aromatic heterocycles. The lowest BCUT2D eigenvalue weighted by atomic mass is 10.0. The van der Waals surface area contributed by atoms with Crippen LogP contribution in [0, 0.1) is 0 Å². The van der Waals surface area contributed by atoms with Gasteiger partial charge in [-0.15, -0.1) is 0 Å². The Bertz CT molecular complexity index is 1720. The molecule has 1 aromatic carbocycles. The summed E-state index contributed by atoms with van der Waals surface area (Å²) in [4.78, 5) is 19.1. The van der Waals surface area contributed by atoms with Gasteiger partial charge in [0.2, 0.25) is 0 Å². The molecule has 8 heteroatoms. The van der Waals surface area contributed by atoms with Crippen molar-refractivity contribution < 1.29 is 4.74 Å². The molecule has 1 aliphatic heterocycles. The first-order chi connectivity index (χ1) is 18.8. The van der Waals surface area contributed by atoms with Crippen molar-refractivity contribution in [3.8, 4) is 39.4 Å². The maximum atomic E-state index is 6.04. The van der Waals surface area contributed by atoms with Gasteiger partial charge in [0.05, 0.1) is 29.1 Å². The number of aromatic amines is 2. The van der Waals surface area contributed by atoms with Crippen LogP contribution in [0.5, 0.6) is 5.75 Å². The maximum absolute atomic E-state index is 6.04. The summed E-state index contributed by atoms with van der Waals surface area (Å²) in [5.74, 6) is 0.792. The molecule has 6 aromatic rings. The van der Waals surface area contributed by atoms with Gasteiger partial charge < -0.3 is 9.72 Å². The number of likely N-dealkylation sites (tertiary alicyclic amines) is 1. The molecule has 188 valence electrons. The number of H-pyrrole nitrogens is 2. The van der Waals surface area contributed by atoms with E-state index in [1.807, 2.05) is 36.9 Å². The number of hydrogen-bond acceptors (Lipinski definition) is 6. The predicted octanol–water partition coefficient (Wildman–Crippen LogP) is 5.70. The van der Waals surface area contributed by atoms with Crippen molar-refractivity contribution in [3.05, 3.63) is 79.6 Å². The average Bonchev–Trinajstić information content (AvgIpc) is 3.73. The van der Waals surface area contributed by atoms with Crippen LogP contribution in [0.4, 0.5) is 0 Å². The first-order valence-corrected chi connectivity index (χ1v) is 13.0. The fraction of sp³-hybridized carbons (Fsp3) is 0.200. The quantitative estimate of drug-likeness (QED) is 0.291. The fourth-order valence-electron chi connectivity index (χ4n) is 5.28. The Balaban J connectivity index is 1.20. The van der Waals surface area contributed by atoms with Crippen LogP contribution in [0.3, 0.4) is 0 Å². The minimum Gasteiger partial charge on any atom is -0.491 e. The Morgan fingerprint density at radius 3 is 2.58 bits per heavy atom. The van der Waals surface area contributed by atoms with Gasteiger partial charge in [-0.2, -0.15) is 5.10 Å². The summed E-state index contributed by atoms with van der Waals surface area (Å²) >= 11 is 0. The zero-order valence-electron chi connectivity index (χ0n) is 20.9. The number of nitrogens with zero attached hydrogens (tertiary/aromatic N) is 5. The van der Waals surface area contributed by atoms with E-state index in [9.17, 15) is 0 Å². The third-order valence-electron chi connectivity index (χ3n) is 7.26. The van der Waals surface area contributed by atoms with Gasteiger partial charge in [-0.3, -0.25) is 25.0 Å². The van der Waals surface area contributed by atoms with Crippen molar-refractivity contribution in [2.24, 2.45) is 0 Å². The normalized spacial score (nSPS) is 14.0. The Morgan fingerprint density at radius 1 is 0.789 bits per heavy atom. The molecule has 1 saturated heterocycles. The number of rotatable bonds is 7. The van der Waals surface area contributed by atoms with Crippen LogP contribution >= 0.6 is 0 Å². The van der Waals surface area contributed by atoms with Crippen LogP contribution in [-0.2, 0) is 0 Å². The average molecular weight is 502 g/mol. The number of fused-ring (bicyclic) bond motifs is 2. The molecule has 0 radical (unpaired) electrons. The van der Waals surface area contributed by atoms with E-state index < -0.39 is 0 Å². The van der Waals surface area contributed by atoms with Crippen LogP contribution in [0.25, 0.3) is 55.4 Å². The lowest BCUT2D eigenvalue weighted by molar-refractivity contribution is 0.237. The van der Waals surface area contributed by atoms with Gasteiger partial charge in [0, 0.05) is 58.8 Å². The zero-order valence-corrected chi connectivity index (χ0v) is 20.9. The van der Waals surface area contributed by atoms with Crippen molar-refractivity contribution in [1.82, 2.24) is 35.0 Å². The molecule has 38 heavy (non-hydrogen) atoms. The number of aromatic nitrogens is 6. The summed E-state index contributed by atoms with van der Waals surface area (Å²) in [7, 11) is 0. The first-order valence-electron chi connectivity index (χ1n) is 13.0. The van der Waals surface area contributed by atoms with E-state index in [0.717, 1.165) is 67.7 Å². The highest BCUT2D eigenvalue weighted by atomic mass is 16.5. The molecular weight excluding hydrogens is 474 g/mol. The topological polar surface area (TPSA) is 95.6 Å². The Hall–Kier alpha value is -4.56. The molecule has 0 unspecified atom stereocenters. The van der Waals surface area contributed by atoms with Crippen LogP contribution in [0.1, 0.15) is 12.8 Å². The molecule has 0 spiro atoms. The van der Waals surface area contributed by atoms with E-state index in [-0.39, 0.29) is 0 Å². The molecule has 2 N–H and O–H groups in total. The van der Waals surface area contributed by atoms with E-state index in [4.69, 9.17) is 4.74 Å². The summed E-state index contributed by atoms with van der Waals surface area (Å²) in [6.07, 6.45) is 13.6. The monoisotopic (exact) mass is 501 g/mol. The van der Waals surface area contributed by atoms with Crippen LogP contribution in [-0.4, -0.2) is 61.3 Å². The van der Waals surface area contributed by atoms with Gasteiger partial charge in [-0.1, -0.05) is 12.1 Å². The largest absolute Gasteiger partial charge is 0.491 e. The minimum atomic E-state index is 0.673. The molecule has 1 aliphatic rings. The molecular formula is C30H27N7O. The maximum Gasteiger partial charge on any atom is 0.138 e. The third-order valence-corrected chi connectivity index (χ3v) is 7.26. The molecule has 0 aliphatic carbocycles. The van der Waals surface area contributed by atoms with E-state index >= 15 is 0 Å². The summed E-state index contributed by atoms with van der Waals surface area (Å²) in [5, 5.41) is 9.96. The molecule has 0 amide bonds. The lowest BCUT2D eigenvalue weighted by Crippen LogP contribution is -2.25. The summed E-state index contributed by atoms with van der Waals surface area (Å²) in [6.45, 7) is 3.97. The molecule has 0 bridgehead atoms.